The normalized spacial score (nSPS) is 15.3. The second-order valence-corrected chi connectivity index (χ2v) is 8.31. The highest BCUT2D eigenvalue weighted by Crippen LogP contribution is 2.24. The van der Waals surface area contributed by atoms with Gasteiger partial charge in [-0.2, -0.15) is 0 Å². The van der Waals surface area contributed by atoms with Crippen LogP contribution in [0.25, 0.3) is 0 Å². The monoisotopic (exact) mass is 297 g/mol. The average molecular weight is 297 g/mol. The molecule has 0 heterocycles. The van der Waals surface area contributed by atoms with Crippen molar-refractivity contribution >= 4 is 9.84 Å². The molecule has 0 aliphatic rings. The molecular weight excluding hydrogens is 270 g/mol. The SMILES string of the molecule is CCC(N)CCC(C)c1ccc(S(=O)(=O)C(C)C)cc1. The number of benzene rings is 1. The molecule has 2 unspecified atom stereocenters. The third-order valence-corrected chi connectivity index (χ3v) is 6.06. The van der Waals surface area contributed by atoms with E-state index in [-0.39, 0.29) is 11.3 Å². The lowest BCUT2D eigenvalue weighted by atomic mass is 9.94. The predicted octanol–water partition coefficient (Wildman–Crippen LogP) is 3.49. The van der Waals surface area contributed by atoms with Crippen LogP contribution in [0.15, 0.2) is 29.2 Å². The van der Waals surface area contributed by atoms with Crippen LogP contribution in [0.2, 0.25) is 0 Å². The largest absolute Gasteiger partial charge is 0.328 e. The fourth-order valence-corrected chi connectivity index (χ4v) is 3.15. The van der Waals surface area contributed by atoms with Crippen molar-refractivity contribution in [3.05, 3.63) is 29.8 Å². The van der Waals surface area contributed by atoms with Gasteiger partial charge in [0.05, 0.1) is 10.1 Å². The minimum atomic E-state index is -3.17. The van der Waals surface area contributed by atoms with Gasteiger partial charge < -0.3 is 5.73 Å². The first-order valence-corrected chi connectivity index (χ1v) is 8.93. The number of nitrogens with two attached hydrogens (primary N) is 1. The molecular formula is C16H27NO2S. The van der Waals surface area contributed by atoms with Crippen LogP contribution in [0.4, 0.5) is 0 Å². The molecule has 0 radical (unpaired) electrons. The summed E-state index contributed by atoms with van der Waals surface area (Å²) in [4.78, 5) is 0.411. The van der Waals surface area contributed by atoms with Gasteiger partial charge in [-0.3, -0.25) is 0 Å². The highest BCUT2D eigenvalue weighted by Gasteiger charge is 2.19. The van der Waals surface area contributed by atoms with Gasteiger partial charge in [0.2, 0.25) is 0 Å². The average Bonchev–Trinajstić information content (AvgIpc) is 2.44. The zero-order valence-electron chi connectivity index (χ0n) is 13.0. The first-order valence-electron chi connectivity index (χ1n) is 7.38. The van der Waals surface area contributed by atoms with Crippen LogP contribution in [0.3, 0.4) is 0 Å². The van der Waals surface area contributed by atoms with Crippen LogP contribution in [-0.2, 0) is 9.84 Å². The molecule has 20 heavy (non-hydrogen) atoms. The van der Waals surface area contributed by atoms with Gasteiger partial charge in [-0.15, -0.1) is 0 Å². The van der Waals surface area contributed by atoms with Gasteiger partial charge in [-0.1, -0.05) is 26.0 Å². The van der Waals surface area contributed by atoms with Gasteiger partial charge in [0.1, 0.15) is 0 Å². The minimum Gasteiger partial charge on any atom is -0.328 e. The van der Waals surface area contributed by atoms with Crippen LogP contribution in [0, 0.1) is 0 Å². The van der Waals surface area contributed by atoms with Gasteiger partial charge >= 0.3 is 0 Å². The molecule has 2 N–H and O–H groups in total. The second kappa shape index (κ2) is 7.23. The summed E-state index contributed by atoms with van der Waals surface area (Å²) in [5, 5.41) is -0.381. The van der Waals surface area contributed by atoms with Crippen LogP contribution in [-0.4, -0.2) is 19.7 Å². The highest BCUT2D eigenvalue weighted by atomic mass is 32.2. The van der Waals surface area contributed by atoms with Crippen molar-refractivity contribution in [2.24, 2.45) is 5.73 Å². The fourth-order valence-electron chi connectivity index (χ4n) is 2.09. The van der Waals surface area contributed by atoms with Gasteiger partial charge in [0.15, 0.2) is 9.84 Å². The van der Waals surface area contributed by atoms with E-state index in [0.29, 0.717) is 10.8 Å². The summed E-state index contributed by atoms with van der Waals surface area (Å²) in [6, 6.07) is 7.56. The number of sulfone groups is 1. The molecule has 0 aromatic heterocycles. The predicted molar refractivity (Wildman–Crippen MR) is 84.7 cm³/mol. The Morgan fingerprint density at radius 2 is 1.60 bits per heavy atom. The molecule has 1 rings (SSSR count). The Balaban J connectivity index is 2.76. The van der Waals surface area contributed by atoms with Crippen LogP contribution < -0.4 is 5.73 Å². The fraction of sp³-hybridized carbons (Fsp3) is 0.625. The van der Waals surface area contributed by atoms with Crippen molar-refractivity contribution in [2.75, 3.05) is 0 Å². The molecule has 1 aromatic rings. The molecule has 2 atom stereocenters. The Morgan fingerprint density at radius 1 is 1.05 bits per heavy atom. The number of hydrogen-bond acceptors (Lipinski definition) is 3. The molecule has 0 aliphatic heterocycles. The van der Waals surface area contributed by atoms with E-state index in [0.717, 1.165) is 19.3 Å². The lowest BCUT2D eigenvalue weighted by Gasteiger charge is -2.15. The van der Waals surface area contributed by atoms with Crippen molar-refractivity contribution in [3.63, 3.8) is 0 Å². The Labute approximate surface area is 123 Å². The van der Waals surface area contributed by atoms with Crippen molar-refractivity contribution in [1.82, 2.24) is 0 Å². The maximum absolute atomic E-state index is 12.1. The summed E-state index contributed by atoms with van der Waals surface area (Å²) >= 11 is 0. The van der Waals surface area contributed by atoms with E-state index in [1.165, 1.54) is 5.56 Å². The first-order chi connectivity index (χ1) is 9.28. The Morgan fingerprint density at radius 3 is 2.05 bits per heavy atom. The molecule has 0 bridgehead atoms. The molecule has 0 spiro atoms. The summed E-state index contributed by atoms with van der Waals surface area (Å²) < 4.78 is 24.1. The molecule has 0 saturated heterocycles. The first kappa shape index (κ1) is 17.2. The van der Waals surface area contributed by atoms with Crippen molar-refractivity contribution in [2.45, 2.75) is 69.1 Å². The van der Waals surface area contributed by atoms with Crippen LogP contribution in [0.1, 0.15) is 58.4 Å². The minimum absolute atomic E-state index is 0.262. The number of hydrogen-bond donors (Lipinski definition) is 1. The smallest absolute Gasteiger partial charge is 0.180 e. The Kier molecular flexibility index (Phi) is 6.21. The van der Waals surface area contributed by atoms with Gasteiger partial charge in [-0.25, -0.2) is 8.42 Å². The third kappa shape index (κ3) is 4.32. The van der Waals surface area contributed by atoms with Gasteiger partial charge in [0.25, 0.3) is 0 Å². The van der Waals surface area contributed by atoms with E-state index >= 15 is 0 Å². The quantitative estimate of drug-likeness (QED) is 0.838. The topological polar surface area (TPSA) is 60.2 Å². The lowest BCUT2D eigenvalue weighted by molar-refractivity contribution is 0.530. The van der Waals surface area contributed by atoms with E-state index < -0.39 is 9.84 Å². The van der Waals surface area contributed by atoms with Gasteiger partial charge in [0, 0.05) is 6.04 Å². The standard InChI is InChI=1S/C16H27NO2S/c1-5-15(17)9-6-13(4)14-7-10-16(11-8-14)20(18,19)12(2)3/h7-8,10-13,15H,5-6,9,17H2,1-4H3. The zero-order valence-corrected chi connectivity index (χ0v) is 13.8. The molecule has 4 heteroatoms. The van der Waals surface area contributed by atoms with Crippen molar-refractivity contribution < 1.29 is 8.42 Å². The van der Waals surface area contributed by atoms with Crippen molar-refractivity contribution in [3.8, 4) is 0 Å². The number of rotatable bonds is 7. The van der Waals surface area contributed by atoms with Gasteiger partial charge in [-0.05, 0) is 56.7 Å². The van der Waals surface area contributed by atoms with E-state index in [9.17, 15) is 8.42 Å². The molecule has 114 valence electrons. The molecule has 0 saturated carbocycles. The Hall–Kier alpha value is -0.870. The summed E-state index contributed by atoms with van der Waals surface area (Å²) in [6.45, 7) is 7.67. The van der Waals surface area contributed by atoms with E-state index in [1.54, 1.807) is 26.0 Å². The maximum atomic E-state index is 12.1. The Bertz CT molecular complexity index is 506. The van der Waals surface area contributed by atoms with E-state index in [2.05, 4.69) is 13.8 Å². The summed E-state index contributed by atoms with van der Waals surface area (Å²) in [7, 11) is -3.17. The van der Waals surface area contributed by atoms with E-state index in [4.69, 9.17) is 5.73 Å². The molecule has 0 fully saturated rings. The van der Waals surface area contributed by atoms with Crippen molar-refractivity contribution in [1.29, 1.82) is 0 Å². The molecule has 0 aliphatic carbocycles. The summed E-state index contributed by atoms with van der Waals surface area (Å²) in [6.07, 6.45) is 3.04. The van der Waals surface area contributed by atoms with Crippen LogP contribution >= 0.6 is 0 Å². The zero-order chi connectivity index (χ0) is 15.3. The molecule has 1 aromatic carbocycles. The second-order valence-electron chi connectivity index (χ2n) is 5.81. The summed E-state index contributed by atoms with van der Waals surface area (Å²) in [5.41, 5.74) is 7.11. The maximum Gasteiger partial charge on any atom is 0.180 e. The van der Waals surface area contributed by atoms with E-state index in [1.807, 2.05) is 12.1 Å². The highest BCUT2D eigenvalue weighted by molar-refractivity contribution is 7.92. The lowest BCUT2D eigenvalue weighted by Crippen LogP contribution is -2.19. The summed E-state index contributed by atoms with van der Waals surface area (Å²) in [5.74, 6) is 0.406. The van der Waals surface area contributed by atoms with Crippen LogP contribution in [0.5, 0.6) is 0 Å². The molecule has 3 nitrogen and oxygen atoms in total. The molecule has 0 amide bonds. The third-order valence-electron chi connectivity index (χ3n) is 3.89.